The molecule has 2 nitrogen and oxygen atoms in total. The Morgan fingerprint density at radius 2 is 1.53 bits per heavy atom. The Morgan fingerprint density at radius 3 is 2.21 bits per heavy atom. The van der Waals surface area contributed by atoms with E-state index in [1.54, 1.807) is 0 Å². The molecule has 0 spiro atoms. The second-order valence-corrected chi connectivity index (χ2v) is 6.70. The molecule has 0 bridgehead atoms. The number of amides is 1. The van der Waals surface area contributed by atoms with E-state index in [2.05, 4.69) is 5.32 Å². The molecule has 2 atom stereocenters. The fraction of sp³-hybridized carbons (Fsp3) is 0.938. The van der Waals surface area contributed by atoms with E-state index in [0.717, 1.165) is 25.3 Å². The molecule has 1 amide bonds. The summed E-state index contributed by atoms with van der Waals surface area (Å²) in [6.07, 6.45) is 12.4. The van der Waals surface area contributed by atoms with Crippen molar-refractivity contribution < 1.29 is 4.79 Å². The van der Waals surface area contributed by atoms with Crippen LogP contribution < -0.4 is 5.32 Å². The topological polar surface area (TPSA) is 29.1 Å². The normalized spacial score (nSPS) is 29.7. The molecule has 0 radical (unpaired) electrons. The minimum absolute atomic E-state index is 0.274. The molecule has 0 aromatic carbocycles. The number of hydrogen-bond acceptors (Lipinski definition) is 1. The molecule has 1 N–H and O–H groups in total. The van der Waals surface area contributed by atoms with Crippen LogP contribution in [0.5, 0.6) is 0 Å². The maximum absolute atomic E-state index is 12.3. The zero-order valence-corrected chi connectivity index (χ0v) is 12.8. The molecule has 0 aliphatic heterocycles. The van der Waals surface area contributed by atoms with Crippen molar-refractivity contribution in [2.24, 2.45) is 17.8 Å². The van der Waals surface area contributed by atoms with Crippen LogP contribution in [0, 0.1) is 17.8 Å². The first-order valence-electron chi connectivity index (χ1n) is 8.15. The van der Waals surface area contributed by atoms with E-state index in [4.69, 9.17) is 11.6 Å². The second-order valence-electron chi connectivity index (χ2n) is 6.39. The van der Waals surface area contributed by atoms with E-state index in [1.165, 1.54) is 51.4 Å². The molecule has 2 saturated carbocycles. The summed E-state index contributed by atoms with van der Waals surface area (Å²) in [6.45, 7) is 0.854. The Labute approximate surface area is 122 Å². The molecule has 2 fully saturated rings. The third-order valence-electron chi connectivity index (χ3n) is 5.03. The highest BCUT2D eigenvalue weighted by Crippen LogP contribution is 2.32. The van der Waals surface area contributed by atoms with E-state index in [-0.39, 0.29) is 5.92 Å². The van der Waals surface area contributed by atoms with Gasteiger partial charge in [0.1, 0.15) is 0 Å². The van der Waals surface area contributed by atoms with Gasteiger partial charge in [-0.1, -0.05) is 38.5 Å². The molecular weight excluding hydrogens is 258 g/mol. The van der Waals surface area contributed by atoms with Crippen LogP contribution in [0.1, 0.15) is 64.2 Å². The van der Waals surface area contributed by atoms with Gasteiger partial charge in [-0.05, 0) is 37.5 Å². The van der Waals surface area contributed by atoms with Crippen molar-refractivity contribution in [1.82, 2.24) is 5.32 Å². The Balaban J connectivity index is 1.73. The van der Waals surface area contributed by atoms with Gasteiger partial charge in [0.25, 0.3) is 0 Å². The number of rotatable bonds is 4. The summed E-state index contributed by atoms with van der Waals surface area (Å²) < 4.78 is 0. The van der Waals surface area contributed by atoms with Gasteiger partial charge in [0, 0.05) is 18.3 Å². The molecule has 0 saturated heterocycles. The van der Waals surface area contributed by atoms with Crippen molar-refractivity contribution in [3.63, 3.8) is 0 Å². The fourth-order valence-electron chi connectivity index (χ4n) is 3.68. The van der Waals surface area contributed by atoms with E-state index in [0.29, 0.717) is 17.7 Å². The Hall–Kier alpha value is -0.240. The molecule has 19 heavy (non-hydrogen) atoms. The number of halogens is 1. The van der Waals surface area contributed by atoms with Gasteiger partial charge in [-0.15, -0.1) is 11.6 Å². The SMILES string of the molecule is O=C(NCC1CCCC1CCl)C1CCCCCCC1. The Morgan fingerprint density at radius 1 is 0.895 bits per heavy atom. The molecule has 0 heterocycles. The smallest absolute Gasteiger partial charge is 0.223 e. The fourth-order valence-corrected chi connectivity index (χ4v) is 4.09. The van der Waals surface area contributed by atoms with Crippen molar-refractivity contribution >= 4 is 17.5 Å². The van der Waals surface area contributed by atoms with Crippen molar-refractivity contribution in [1.29, 1.82) is 0 Å². The van der Waals surface area contributed by atoms with Crippen LogP contribution >= 0.6 is 11.6 Å². The zero-order valence-electron chi connectivity index (χ0n) is 12.0. The summed E-state index contributed by atoms with van der Waals surface area (Å²) in [6, 6.07) is 0. The number of carbonyl (C=O) groups is 1. The molecule has 0 aromatic rings. The first kappa shape index (κ1) is 15.2. The van der Waals surface area contributed by atoms with Crippen LogP contribution in [0.25, 0.3) is 0 Å². The van der Waals surface area contributed by atoms with Gasteiger partial charge in [0.05, 0.1) is 0 Å². The predicted octanol–water partition coefficient (Wildman–Crippen LogP) is 4.12. The van der Waals surface area contributed by atoms with Crippen LogP contribution in [0.2, 0.25) is 0 Å². The molecule has 0 aromatic heterocycles. The Kier molecular flexibility index (Phi) is 6.49. The van der Waals surface area contributed by atoms with Gasteiger partial charge in [0.2, 0.25) is 5.91 Å². The lowest BCUT2D eigenvalue weighted by Gasteiger charge is -2.22. The van der Waals surface area contributed by atoms with E-state index < -0.39 is 0 Å². The summed E-state index contributed by atoms with van der Waals surface area (Å²) in [4.78, 5) is 12.3. The summed E-state index contributed by atoms with van der Waals surface area (Å²) >= 11 is 5.99. The highest BCUT2D eigenvalue weighted by atomic mass is 35.5. The summed E-state index contributed by atoms with van der Waals surface area (Å²) in [7, 11) is 0. The molecule has 2 aliphatic carbocycles. The third kappa shape index (κ3) is 4.66. The van der Waals surface area contributed by atoms with Gasteiger partial charge in [0.15, 0.2) is 0 Å². The molecule has 110 valence electrons. The summed E-state index contributed by atoms with van der Waals surface area (Å²) in [5, 5.41) is 3.21. The molecule has 2 aliphatic rings. The lowest BCUT2D eigenvalue weighted by molar-refractivity contribution is -0.125. The minimum Gasteiger partial charge on any atom is -0.356 e. The van der Waals surface area contributed by atoms with Crippen LogP contribution in [-0.4, -0.2) is 18.3 Å². The van der Waals surface area contributed by atoms with Crippen molar-refractivity contribution in [3.8, 4) is 0 Å². The number of alkyl halides is 1. The maximum atomic E-state index is 12.3. The van der Waals surface area contributed by atoms with Crippen molar-refractivity contribution in [2.45, 2.75) is 64.2 Å². The molecule has 2 rings (SSSR count). The van der Waals surface area contributed by atoms with Crippen molar-refractivity contribution in [2.75, 3.05) is 12.4 Å². The molecule has 3 heteroatoms. The Bertz CT molecular complexity index is 274. The number of hydrogen-bond donors (Lipinski definition) is 1. The van der Waals surface area contributed by atoms with Gasteiger partial charge in [-0.25, -0.2) is 0 Å². The third-order valence-corrected chi connectivity index (χ3v) is 5.43. The van der Waals surface area contributed by atoms with Crippen LogP contribution in [-0.2, 0) is 4.79 Å². The second kappa shape index (κ2) is 8.14. The van der Waals surface area contributed by atoms with Crippen LogP contribution in [0.4, 0.5) is 0 Å². The highest BCUT2D eigenvalue weighted by molar-refractivity contribution is 6.18. The first-order valence-corrected chi connectivity index (χ1v) is 8.68. The monoisotopic (exact) mass is 285 g/mol. The average molecular weight is 286 g/mol. The summed E-state index contributed by atoms with van der Waals surface area (Å²) in [5.41, 5.74) is 0. The maximum Gasteiger partial charge on any atom is 0.223 e. The average Bonchev–Trinajstić information content (AvgIpc) is 2.83. The molecule has 2 unspecified atom stereocenters. The zero-order chi connectivity index (χ0) is 13.5. The van der Waals surface area contributed by atoms with Gasteiger partial charge in [-0.2, -0.15) is 0 Å². The van der Waals surface area contributed by atoms with Crippen LogP contribution in [0.3, 0.4) is 0 Å². The van der Waals surface area contributed by atoms with E-state index in [9.17, 15) is 4.79 Å². The highest BCUT2D eigenvalue weighted by Gasteiger charge is 2.27. The lowest BCUT2D eigenvalue weighted by atomic mass is 9.90. The van der Waals surface area contributed by atoms with Crippen LogP contribution in [0.15, 0.2) is 0 Å². The standard InChI is InChI=1S/C16H28ClNO/c17-11-14-9-6-10-15(14)12-18-16(19)13-7-4-2-1-3-5-8-13/h13-15H,1-12H2,(H,18,19). The number of carbonyl (C=O) groups excluding carboxylic acids is 1. The quantitative estimate of drug-likeness (QED) is 0.774. The van der Waals surface area contributed by atoms with E-state index >= 15 is 0 Å². The van der Waals surface area contributed by atoms with Gasteiger partial charge >= 0.3 is 0 Å². The van der Waals surface area contributed by atoms with Gasteiger partial charge in [-0.3, -0.25) is 4.79 Å². The number of nitrogens with one attached hydrogen (secondary N) is 1. The first-order chi connectivity index (χ1) is 9.31. The summed E-state index contributed by atoms with van der Waals surface area (Å²) in [5.74, 6) is 2.58. The predicted molar refractivity (Wildman–Crippen MR) is 80.4 cm³/mol. The largest absolute Gasteiger partial charge is 0.356 e. The minimum atomic E-state index is 0.274. The van der Waals surface area contributed by atoms with Gasteiger partial charge < -0.3 is 5.32 Å². The lowest BCUT2D eigenvalue weighted by Crippen LogP contribution is -2.36. The molecular formula is C16H28ClNO. The van der Waals surface area contributed by atoms with Crippen molar-refractivity contribution in [3.05, 3.63) is 0 Å². The van der Waals surface area contributed by atoms with E-state index in [1.807, 2.05) is 0 Å².